The van der Waals surface area contributed by atoms with Crippen LogP contribution in [-0.4, -0.2) is 6.04 Å². The fourth-order valence-corrected chi connectivity index (χ4v) is 3.48. The third kappa shape index (κ3) is 3.04. The lowest BCUT2D eigenvalue weighted by Gasteiger charge is -2.28. The van der Waals surface area contributed by atoms with E-state index in [9.17, 15) is 0 Å². The summed E-state index contributed by atoms with van der Waals surface area (Å²) in [6, 6.07) is 16.0. The van der Waals surface area contributed by atoms with Crippen LogP contribution in [0.1, 0.15) is 44.6 Å². The largest absolute Gasteiger partial charge is 0.310 e. The average Bonchev–Trinajstić information content (AvgIpc) is 2.53. The molecule has 0 heterocycles. The van der Waals surface area contributed by atoms with Gasteiger partial charge >= 0.3 is 0 Å². The molecule has 0 aromatic heterocycles. The molecule has 1 nitrogen and oxygen atoms in total. The average molecular weight is 267 g/mol. The molecule has 1 saturated carbocycles. The first-order valence-electron chi connectivity index (χ1n) is 8.07. The van der Waals surface area contributed by atoms with Crippen LogP contribution in [-0.2, 0) is 6.54 Å². The van der Waals surface area contributed by atoms with Gasteiger partial charge in [-0.25, -0.2) is 0 Å². The van der Waals surface area contributed by atoms with Crippen molar-refractivity contribution in [1.29, 1.82) is 0 Å². The predicted molar refractivity (Wildman–Crippen MR) is 86.8 cm³/mol. The van der Waals surface area contributed by atoms with Crippen LogP contribution in [0.5, 0.6) is 0 Å². The monoisotopic (exact) mass is 267 g/mol. The third-order valence-corrected chi connectivity index (χ3v) is 4.89. The Labute approximate surface area is 122 Å². The Kier molecular flexibility index (Phi) is 4.37. The van der Waals surface area contributed by atoms with Crippen LogP contribution < -0.4 is 5.32 Å². The molecule has 1 aliphatic rings. The smallest absolute Gasteiger partial charge is 0.0214 e. The zero-order chi connectivity index (χ0) is 13.8. The topological polar surface area (TPSA) is 12.0 Å². The number of hydrogen-bond acceptors (Lipinski definition) is 1. The van der Waals surface area contributed by atoms with E-state index in [1.807, 2.05) is 0 Å². The van der Waals surface area contributed by atoms with Gasteiger partial charge in [-0.3, -0.25) is 0 Å². The summed E-state index contributed by atoms with van der Waals surface area (Å²) in [5, 5.41) is 6.52. The van der Waals surface area contributed by atoms with E-state index in [0.29, 0.717) is 0 Å². The summed E-state index contributed by atoms with van der Waals surface area (Å²) >= 11 is 0. The maximum Gasteiger partial charge on any atom is 0.0214 e. The molecule has 1 heteroatoms. The normalized spacial score (nSPS) is 23.1. The highest BCUT2D eigenvalue weighted by Crippen LogP contribution is 2.27. The SMILES string of the molecule is CCC1CCC(NCc2cccc3ccccc23)CC1. The van der Waals surface area contributed by atoms with Crippen molar-refractivity contribution in [2.24, 2.45) is 5.92 Å². The molecule has 1 aliphatic carbocycles. The zero-order valence-electron chi connectivity index (χ0n) is 12.4. The Morgan fingerprint density at radius 2 is 1.70 bits per heavy atom. The molecule has 0 unspecified atom stereocenters. The van der Waals surface area contributed by atoms with Gasteiger partial charge in [0.1, 0.15) is 0 Å². The second-order valence-corrected chi connectivity index (χ2v) is 6.15. The van der Waals surface area contributed by atoms with E-state index in [0.717, 1.165) is 18.5 Å². The number of rotatable bonds is 4. The molecule has 1 N–H and O–H groups in total. The van der Waals surface area contributed by atoms with E-state index in [2.05, 4.69) is 54.7 Å². The van der Waals surface area contributed by atoms with E-state index in [-0.39, 0.29) is 0 Å². The molecule has 20 heavy (non-hydrogen) atoms. The highest BCUT2D eigenvalue weighted by Gasteiger charge is 2.19. The molecular formula is C19H25N. The first-order valence-corrected chi connectivity index (χ1v) is 8.07. The number of hydrogen-bond donors (Lipinski definition) is 1. The van der Waals surface area contributed by atoms with Crippen LogP contribution in [0.25, 0.3) is 10.8 Å². The van der Waals surface area contributed by atoms with Crippen molar-refractivity contribution in [3.8, 4) is 0 Å². The standard InChI is InChI=1S/C19H25N/c1-2-15-10-12-18(13-11-15)20-14-17-8-5-7-16-6-3-4-9-19(16)17/h3-9,15,18,20H,2,10-14H2,1H3. The zero-order valence-corrected chi connectivity index (χ0v) is 12.4. The van der Waals surface area contributed by atoms with E-state index < -0.39 is 0 Å². The van der Waals surface area contributed by atoms with E-state index >= 15 is 0 Å². The van der Waals surface area contributed by atoms with Crippen molar-refractivity contribution in [2.75, 3.05) is 0 Å². The molecule has 0 radical (unpaired) electrons. The highest BCUT2D eigenvalue weighted by atomic mass is 14.9. The fourth-order valence-electron chi connectivity index (χ4n) is 3.48. The summed E-state index contributed by atoms with van der Waals surface area (Å²) in [4.78, 5) is 0. The fraction of sp³-hybridized carbons (Fsp3) is 0.474. The van der Waals surface area contributed by atoms with Crippen LogP contribution in [0.15, 0.2) is 42.5 Å². The molecule has 0 atom stereocenters. The van der Waals surface area contributed by atoms with Crippen molar-refractivity contribution < 1.29 is 0 Å². The summed E-state index contributed by atoms with van der Waals surface area (Å²) in [6.07, 6.45) is 6.87. The summed E-state index contributed by atoms with van der Waals surface area (Å²) in [5.74, 6) is 0.977. The van der Waals surface area contributed by atoms with Crippen molar-refractivity contribution in [3.05, 3.63) is 48.0 Å². The molecule has 2 aromatic rings. The van der Waals surface area contributed by atoms with Gasteiger partial charge in [0, 0.05) is 12.6 Å². The van der Waals surface area contributed by atoms with Gasteiger partial charge in [0.25, 0.3) is 0 Å². The predicted octanol–water partition coefficient (Wildman–Crippen LogP) is 4.90. The molecule has 1 fully saturated rings. The van der Waals surface area contributed by atoms with Gasteiger partial charge < -0.3 is 5.32 Å². The van der Waals surface area contributed by atoms with Crippen LogP contribution in [0.2, 0.25) is 0 Å². The van der Waals surface area contributed by atoms with Gasteiger partial charge in [0.2, 0.25) is 0 Å². The molecule has 0 aliphatic heterocycles. The van der Waals surface area contributed by atoms with Gasteiger partial charge in [-0.15, -0.1) is 0 Å². The molecule has 2 aromatic carbocycles. The van der Waals surface area contributed by atoms with Crippen molar-refractivity contribution in [3.63, 3.8) is 0 Å². The van der Waals surface area contributed by atoms with Gasteiger partial charge in [-0.2, -0.15) is 0 Å². The highest BCUT2D eigenvalue weighted by molar-refractivity contribution is 5.85. The Morgan fingerprint density at radius 3 is 2.50 bits per heavy atom. The van der Waals surface area contributed by atoms with Gasteiger partial charge in [0.05, 0.1) is 0 Å². The van der Waals surface area contributed by atoms with Crippen LogP contribution in [0.4, 0.5) is 0 Å². The molecule has 0 saturated heterocycles. The Bertz CT molecular complexity index is 547. The Balaban J connectivity index is 1.63. The maximum absolute atomic E-state index is 3.77. The van der Waals surface area contributed by atoms with Crippen LogP contribution in [0, 0.1) is 5.92 Å². The first-order chi connectivity index (χ1) is 9.86. The summed E-state index contributed by atoms with van der Waals surface area (Å²) in [6.45, 7) is 3.33. The van der Waals surface area contributed by atoms with Gasteiger partial charge in [-0.05, 0) is 47.9 Å². The second kappa shape index (κ2) is 6.41. The van der Waals surface area contributed by atoms with Gasteiger partial charge in [-0.1, -0.05) is 55.8 Å². The lowest BCUT2D eigenvalue weighted by molar-refractivity contribution is 0.285. The third-order valence-electron chi connectivity index (χ3n) is 4.89. The first kappa shape index (κ1) is 13.6. The minimum absolute atomic E-state index is 0.719. The molecule has 106 valence electrons. The quantitative estimate of drug-likeness (QED) is 0.831. The summed E-state index contributed by atoms with van der Waals surface area (Å²) < 4.78 is 0. The van der Waals surface area contributed by atoms with Crippen LogP contribution in [0.3, 0.4) is 0 Å². The molecule has 0 bridgehead atoms. The van der Waals surface area contributed by atoms with Crippen molar-refractivity contribution >= 4 is 10.8 Å². The molecule has 0 spiro atoms. The van der Waals surface area contributed by atoms with E-state index in [1.54, 1.807) is 0 Å². The number of fused-ring (bicyclic) bond motifs is 1. The molecular weight excluding hydrogens is 242 g/mol. The van der Waals surface area contributed by atoms with Gasteiger partial charge in [0.15, 0.2) is 0 Å². The van der Waals surface area contributed by atoms with Crippen molar-refractivity contribution in [2.45, 2.75) is 51.6 Å². The Hall–Kier alpha value is -1.34. The minimum Gasteiger partial charge on any atom is -0.310 e. The summed E-state index contributed by atoms with van der Waals surface area (Å²) in [7, 11) is 0. The summed E-state index contributed by atoms with van der Waals surface area (Å²) in [5.41, 5.74) is 1.43. The lowest BCUT2D eigenvalue weighted by Crippen LogP contribution is -2.32. The molecule has 3 rings (SSSR count). The second-order valence-electron chi connectivity index (χ2n) is 6.15. The van der Waals surface area contributed by atoms with Crippen molar-refractivity contribution in [1.82, 2.24) is 5.32 Å². The van der Waals surface area contributed by atoms with Crippen LogP contribution >= 0.6 is 0 Å². The lowest BCUT2D eigenvalue weighted by atomic mass is 9.84. The number of benzene rings is 2. The maximum atomic E-state index is 3.77. The molecule has 0 amide bonds. The Morgan fingerprint density at radius 1 is 0.950 bits per heavy atom. The van der Waals surface area contributed by atoms with E-state index in [1.165, 1.54) is 48.4 Å². The number of nitrogens with one attached hydrogen (secondary N) is 1. The minimum atomic E-state index is 0.719. The van der Waals surface area contributed by atoms with E-state index in [4.69, 9.17) is 0 Å².